The van der Waals surface area contributed by atoms with Crippen molar-refractivity contribution < 1.29 is 14.0 Å². The average Bonchev–Trinajstić information content (AvgIpc) is 2.53. The van der Waals surface area contributed by atoms with E-state index in [2.05, 4.69) is 9.97 Å². The fourth-order valence-electron chi connectivity index (χ4n) is 2.04. The van der Waals surface area contributed by atoms with Crippen LogP contribution in [0.25, 0.3) is 11.1 Å². The molecule has 132 valence electrons. The quantitative estimate of drug-likeness (QED) is 0.354. The summed E-state index contributed by atoms with van der Waals surface area (Å²) in [6, 6.07) is 1.49. The Kier molecular flexibility index (Phi) is 5.02. The number of aromatic nitrogens is 2. The second-order valence-corrected chi connectivity index (χ2v) is 5.26. The number of hydrogen-bond donors (Lipinski definition) is 4. The summed E-state index contributed by atoms with van der Waals surface area (Å²) in [6.07, 6.45) is 0. The van der Waals surface area contributed by atoms with E-state index in [0.717, 1.165) is 12.1 Å². The van der Waals surface area contributed by atoms with Crippen LogP contribution >= 0.6 is 11.6 Å². The van der Waals surface area contributed by atoms with Gasteiger partial charge in [0.05, 0.1) is 10.7 Å². The summed E-state index contributed by atoms with van der Waals surface area (Å²) in [5.74, 6) is 10.0. The Morgan fingerprint density at radius 1 is 1.12 bits per heavy atom. The molecule has 1 aromatic heterocycles. The Balaban J connectivity index is 2.78. The van der Waals surface area contributed by atoms with E-state index in [-0.39, 0.29) is 28.0 Å². The number of hydrogen-bond acceptors (Lipinski definition) is 6. The van der Waals surface area contributed by atoms with Gasteiger partial charge in [0, 0.05) is 11.1 Å². The summed E-state index contributed by atoms with van der Waals surface area (Å²) >= 11 is 6.06. The number of carbonyl (C=O) groups is 2. The lowest BCUT2D eigenvalue weighted by Gasteiger charge is -2.21. The molecular weight excluding hydrogens is 355 g/mol. The Morgan fingerprint density at radius 2 is 1.72 bits per heavy atom. The van der Waals surface area contributed by atoms with Crippen LogP contribution in [-0.4, -0.2) is 22.0 Å². The van der Waals surface area contributed by atoms with Gasteiger partial charge in [-0.1, -0.05) is 11.6 Å². The molecule has 0 aliphatic heterocycles. The van der Waals surface area contributed by atoms with E-state index < -0.39 is 17.9 Å². The van der Waals surface area contributed by atoms with E-state index in [4.69, 9.17) is 34.8 Å². The van der Waals surface area contributed by atoms with E-state index in [9.17, 15) is 14.0 Å². The van der Waals surface area contributed by atoms with Crippen LogP contribution in [0.5, 0.6) is 0 Å². The molecule has 1 aromatic carbocycles. The zero-order valence-corrected chi connectivity index (χ0v) is 13.7. The van der Waals surface area contributed by atoms with Gasteiger partial charge in [-0.2, -0.15) is 9.99 Å². The van der Waals surface area contributed by atoms with Crippen molar-refractivity contribution in [3.8, 4) is 11.1 Å². The zero-order valence-electron chi connectivity index (χ0n) is 12.9. The summed E-state index contributed by atoms with van der Waals surface area (Å²) in [5, 5.41) is 1.00. The number of amides is 4. The van der Waals surface area contributed by atoms with E-state index in [0.29, 0.717) is 15.6 Å². The molecule has 0 unspecified atom stereocenters. The number of benzene rings is 1. The number of anilines is 2. The summed E-state index contributed by atoms with van der Waals surface area (Å²) in [6.45, 7) is 1.52. The van der Waals surface area contributed by atoms with Gasteiger partial charge in [0.1, 0.15) is 5.82 Å². The third-order valence-corrected chi connectivity index (χ3v) is 3.49. The second-order valence-electron chi connectivity index (χ2n) is 4.85. The topological polar surface area (TPSA) is 170 Å². The highest BCUT2D eigenvalue weighted by atomic mass is 35.5. The lowest BCUT2D eigenvalue weighted by molar-refractivity contribution is 0.253. The third-order valence-electron chi connectivity index (χ3n) is 3.18. The summed E-state index contributed by atoms with van der Waals surface area (Å²) in [4.78, 5) is 30.7. The van der Waals surface area contributed by atoms with Gasteiger partial charge in [-0.25, -0.2) is 35.7 Å². The van der Waals surface area contributed by atoms with Crippen molar-refractivity contribution >= 4 is 35.4 Å². The zero-order chi connectivity index (χ0) is 18.9. The minimum atomic E-state index is -1.05. The molecule has 10 nitrogen and oxygen atoms in total. The first-order valence-electron chi connectivity index (χ1n) is 6.66. The highest BCUT2D eigenvalue weighted by Crippen LogP contribution is 2.36. The highest BCUT2D eigenvalue weighted by Gasteiger charge is 2.24. The maximum absolute atomic E-state index is 13.3. The Labute approximate surface area is 146 Å². The first-order valence-corrected chi connectivity index (χ1v) is 7.03. The molecule has 1 heterocycles. The highest BCUT2D eigenvalue weighted by molar-refractivity contribution is 6.33. The maximum atomic E-state index is 13.3. The molecule has 0 aliphatic rings. The number of nitrogens with zero attached hydrogens (tertiary/aromatic N) is 4. The molecule has 2 aromatic rings. The second kappa shape index (κ2) is 6.84. The molecule has 8 N–H and O–H groups in total. The predicted molar refractivity (Wildman–Crippen MR) is 89.7 cm³/mol. The number of halogens is 2. The van der Waals surface area contributed by atoms with Gasteiger partial charge in [0.2, 0.25) is 0 Å². The van der Waals surface area contributed by atoms with Crippen LogP contribution in [0, 0.1) is 12.7 Å². The predicted octanol–water partition coefficient (Wildman–Crippen LogP) is 0.762. The molecule has 2 rings (SSSR count). The minimum absolute atomic E-state index is 0.0260. The van der Waals surface area contributed by atoms with Crippen LogP contribution < -0.4 is 33.2 Å². The number of aryl methyl sites for hydroxylation is 1. The number of carbonyl (C=O) groups excluding carboxylic acids is 2. The lowest BCUT2D eigenvalue weighted by Crippen LogP contribution is -2.45. The molecule has 0 aliphatic carbocycles. The Morgan fingerprint density at radius 3 is 2.24 bits per heavy atom. The molecule has 0 radical (unpaired) electrons. The molecule has 0 bridgehead atoms. The van der Waals surface area contributed by atoms with Crippen LogP contribution in [-0.2, 0) is 0 Å². The van der Waals surface area contributed by atoms with Gasteiger partial charge in [-0.05, 0) is 25.1 Å². The molecule has 4 amide bonds. The summed E-state index contributed by atoms with van der Waals surface area (Å²) in [5.41, 5.74) is 11.0. The normalized spacial score (nSPS) is 10.4. The SMILES string of the molecule is Cc1nc(N(N)C(N)=O)nc(N(N)C(N)=O)c1-c1ccc(F)cc1Cl. The first-order chi connectivity index (χ1) is 11.6. The van der Waals surface area contributed by atoms with Crippen molar-refractivity contribution in [1.29, 1.82) is 0 Å². The van der Waals surface area contributed by atoms with Gasteiger partial charge >= 0.3 is 12.1 Å². The van der Waals surface area contributed by atoms with Crippen LogP contribution in [0.1, 0.15) is 5.69 Å². The smallest absolute Gasteiger partial charge is 0.336 e. The molecule has 12 heteroatoms. The van der Waals surface area contributed by atoms with Crippen molar-refractivity contribution in [1.82, 2.24) is 9.97 Å². The van der Waals surface area contributed by atoms with Crippen molar-refractivity contribution in [3.63, 3.8) is 0 Å². The van der Waals surface area contributed by atoms with Crippen molar-refractivity contribution in [2.75, 3.05) is 10.0 Å². The van der Waals surface area contributed by atoms with Crippen molar-refractivity contribution in [2.24, 2.45) is 23.2 Å². The van der Waals surface area contributed by atoms with Crippen LogP contribution in [0.4, 0.5) is 25.7 Å². The van der Waals surface area contributed by atoms with E-state index in [1.165, 1.54) is 13.0 Å². The van der Waals surface area contributed by atoms with Crippen molar-refractivity contribution in [2.45, 2.75) is 6.92 Å². The minimum Gasteiger partial charge on any atom is -0.350 e. The third kappa shape index (κ3) is 3.57. The molecule has 0 spiro atoms. The number of rotatable bonds is 3. The largest absolute Gasteiger partial charge is 0.350 e. The van der Waals surface area contributed by atoms with Gasteiger partial charge in [0.15, 0.2) is 5.82 Å². The Bertz CT molecular complexity index is 862. The van der Waals surface area contributed by atoms with E-state index in [1.54, 1.807) is 0 Å². The van der Waals surface area contributed by atoms with E-state index in [1.807, 2.05) is 0 Å². The van der Waals surface area contributed by atoms with Crippen LogP contribution in [0.2, 0.25) is 5.02 Å². The molecule has 0 saturated carbocycles. The van der Waals surface area contributed by atoms with Gasteiger partial charge in [-0.3, -0.25) is 0 Å². The van der Waals surface area contributed by atoms with Crippen LogP contribution in [0.3, 0.4) is 0 Å². The molecule has 0 saturated heterocycles. The number of hydrazine groups is 2. The van der Waals surface area contributed by atoms with E-state index >= 15 is 0 Å². The fourth-order valence-corrected chi connectivity index (χ4v) is 2.30. The van der Waals surface area contributed by atoms with Gasteiger partial charge in [-0.15, -0.1) is 0 Å². The molecule has 0 atom stereocenters. The average molecular weight is 369 g/mol. The number of nitrogens with two attached hydrogens (primary N) is 4. The summed E-state index contributed by atoms with van der Waals surface area (Å²) in [7, 11) is 0. The molecule has 0 fully saturated rings. The number of primary amides is 2. The van der Waals surface area contributed by atoms with Crippen molar-refractivity contribution in [3.05, 3.63) is 34.7 Å². The Hall–Kier alpha value is -3.02. The summed E-state index contributed by atoms with van der Waals surface area (Å²) < 4.78 is 13.3. The van der Waals surface area contributed by atoms with Crippen LogP contribution in [0.15, 0.2) is 18.2 Å². The number of urea groups is 2. The standard InChI is InChI=1S/C13H14ClFN8O2/c1-5-9(7-3-2-6(15)4-8(7)14)10(22(18)11(16)24)21-13(20-5)23(19)12(17)25/h2-4H,18-19H2,1H3,(H2,16,24)(H2,17,25). The van der Waals surface area contributed by atoms with Gasteiger partial charge < -0.3 is 11.5 Å². The van der Waals surface area contributed by atoms with Gasteiger partial charge in [0.25, 0.3) is 5.95 Å². The molecule has 25 heavy (non-hydrogen) atoms. The maximum Gasteiger partial charge on any atom is 0.336 e. The lowest BCUT2D eigenvalue weighted by atomic mass is 10.0. The first kappa shape index (κ1) is 18.3. The molecular formula is C13H14ClFN8O2. The monoisotopic (exact) mass is 368 g/mol. The fraction of sp³-hybridized carbons (Fsp3) is 0.0769.